The summed E-state index contributed by atoms with van der Waals surface area (Å²) in [4.78, 5) is 19.5. The number of hydrogen-bond donors (Lipinski definition) is 1. The summed E-state index contributed by atoms with van der Waals surface area (Å²) in [7, 11) is 1.50. The van der Waals surface area contributed by atoms with Crippen LogP contribution < -0.4 is 19.6 Å². The summed E-state index contributed by atoms with van der Waals surface area (Å²) in [5.41, 5.74) is 6.38. The molecule has 5 nitrogen and oxygen atoms in total. The van der Waals surface area contributed by atoms with Gasteiger partial charge in [0.25, 0.3) is 5.56 Å². The van der Waals surface area contributed by atoms with Gasteiger partial charge in [0.05, 0.1) is 27.9 Å². The van der Waals surface area contributed by atoms with Gasteiger partial charge < -0.3 is 9.84 Å². The topological polar surface area (TPSA) is 63.8 Å². The number of aromatic nitrogens is 1. The van der Waals surface area contributed by atoms with E-state index in [1.54, 1.807) is 12.1 Å². The van der Waals surface area contributed by atoms with Crippen molar-refractivity contribution in [2.75, 3.05) is 7.11 Å². The van der Waals surface area contributed by atoms with Gasteiger partial charge in [-0.25, -0.2) is 4.99 Å². The van der Waals surface area contributed by atoms with Crippen molar-refractivity contribution >= 4 is 39.0 Å². The maximum absolute atomic E-state index is 13.8. The molecule has 7 heteroatoms. The Balaban J connectivity index is 1.61. The number of methoxy groups -OCH3 is 1. The minimum absolute atomic E-state index is 0.0292. The van der Waals surface area contributed by atoms with Gasteiger partial charge in [-0.2, -0.15) is 0 Å². The summed E-state index contributed by atoms with van der Waals surface area (Å²) < 4.78 is 8.21. The first-order chi connectivity index (χ1) is 17.0. The number of benzene rings is 3. The van der Waals surface area contributed by atoms with Gasteiger partial charge >= 0.3 is 0 Å². The number of nitrogens with zero attached hydrogens (tertiary/aromatic N) is 2. The third-order valence-corrected chi connectivity index (χ3v) is 8.14. The number of aromatic hydroxyl groups is 1. The molecule has 1 N–H and O–H groups in total. The number of allylic oxidation sites excluding steroid dienone is 1. The maximum Gasteiger partial charge on any atom is 0.271 e. The number of rotatable bonds is 3. The Morgan fingerprint density at radius 1 is 1.11 bits per heavy atom. The number of thiazole rings is 1. The summed E-state index contributed by atoms with van der Waals surface area (Å²) in [6.45, 7) is 0. The highest BCUT2D eigenvalue weighted by molar-refractivity contribution is 9.10. The number of aryl methyl sites for hydroxylation is 1. The molecule has 4 aromatic rings. The SMILES string of the molecule is COc1cc(C=c2sc3n(c2=O)C(c2ccccc2)C2=C(N=3)c3ccccc3CC2)cc(Br)c1O. The highest BCUT2D eigenvalue weighted by atomic mass is 79.9. The highest BCUT2D eigenvalue weighted by Crippen LogP contribution is 2.41. The van der Waals surface area contributed by atoms with Crippen LogP contribution in [0.25, 0.3) is 11.8 Å². The lowest BCUT2D eigenvalue weighted by molar-refractivity contribution is 0.372. The van der Waals surface area contributed by atoms with E-state index in [9.17, 15) is 9.90 Å². The summed E-state index contributed by atoms with van der Waals surface area (Å²) in [5, 5.41) is 10.2. The molecular formula is C28H21BrN2O3S. The van der Waals surface area contributed by atoms with Gasteiger partial charge in [-0.05, 0) is 69.2 Å². The molecule has 1 atom stereocenters. The smallest absolute Gasteiger partial charge is 0.271 e. The molecule has 2 aliphatic rings. The summed E-state index contributed by atoms with van der Waals surface area (Å²) in [6.07, 6.45) is 3.62. The van der Waals surface area contributed by atoms with Crippen molar-refractivity contribution in [1.29, 1.82) is 0 Å². The standard InChI is InChI=1S/C28H21BrN2O3S/c1-34-22-14-16(13-21(29)26(22)32)15-23-27(33)31-25(18-8-3-2-4-9-18)20-12-11-17-7-5-6-10-19(17)24(20)30-28(31)35-23/h2-10,13-15,25,32H,11-12H2,1H3. The molecule has 6 rings (SSSR count). The van der Waals surface area contributed by atoms with Crippen LogP contribution in [0.2, 0.25) is 0 Å². The molecule has 0 fully saturated rings. The number of halogens is 1. The van der Waals surface area contributed by atoms with Crippen LogP contribution in [0.4, 0.5) is 0 Å². The zero-order chi connectivity index (χ0) is 24.1. The first kappa shape index (κ1) is 22.1. The number of phenols is 1. The molecule has 0 radical (unpaired) electrons. The second-order valence-electron chi connectivity index (χ2n) is 8.58. The minimum atomic E-state index is -0.195. The van der Waals surface area contributed by atoms with Gasteiger partial charge in [-0.15, -0.1) is 0 Å². The van der Waals surface area contributed by atoms with Crippen molar-refractivity contribution in [3.63, 3.8) is 0 Å². The highest BCUT2D eigenvalue weighted by Gasteiger charge is 2.32. The molecule has 0 amide bonds. The molecule has 174 valence electrons. The molecule has 1 aliphatic heterocycles. The first-order valence-corrected chi connectivity index (χ1v) is 12.9. The Morgan fingerprint density at radius 3 is 2.69 bits per heavy atom. The third kappa shape index (κ3) is 3.66. The predicted octanol–water partition coefficient (Wildman–Crippen LogP) is 4.80. The quantitative estimate of drug-likeness (QED) is 0.403. The number of hydrogen-bond acceptors (Lipinski definition) is 5. The van der Waals surface area contributed by atoms with Crippen molar-refractivity contribution in [3.05, 3.63) is 119 Å². The van der Waals surface area contributed by atoms with E-state index < -0.39 is 0 Å². The van der Waals surface area contributed by atoms with E-state index in [1.807, 2.05) is 34.9 Å². The molecule has 3 aromatic carbocycles. The Labute approximate surface area is 214 Å². The molecule has 1 aromatic heterocycles. The van der Waals surface area contributed by atoms with E-state index in [2.05, 4.69) is 46.3 Å². The van der Waals surface area contributed by atoms with Gasteiger partial charge in [0, 0.05) is 5.56 Å². The molecule has 0 spiro atoms. The fourth-order valence-corrected chi connectivity index (χ4v) is 6.40. The molecular weight excluding hydrogens is 524 g/mol. The average molecular weight is 545 g/mol. The van der Waals surface area contributed by atoms with Crippen LogP contribution in [-0.4, -0.2) is 16.8 Å². The normalized spacial score (nSPS) is 16.9. The Hall–Kier alpha value is -3.42. The number of ether oxygens (including phenoxy) is 1. The maximum atomic E-state index is 13.8. The van der Waals surface area contributed by atoms with Crippen LogP contribution in [0.3, 0.4) is 0 Å². The fourth-order valence-electron chi connectivity index (χ4n) is 4.94. The largest absolute Gasteiger partial charge is 0.503 e. The van der Waals surface area contributed by atoms with Crippen molar-refractivity contribution < 1.29 is 9.84 Å². The van der Waals surface area contributed by atoms with E-state index in [4.69, 9.17) is 9.73 Å². The van der Waals surface area contributed by atoms with Crippen LogP contribution in [0.5, 0.6) is 11.5 Å². The molecule has 0 saturated heterocycles. The van der Waals surface area contributed by atoms with Crippen LogP contribution in [0, 0.1) is 0 Å². The Morgan fingerprint density at radius 2 is 1.89 bits per heavy atom. The van der Waals surface area contributed by atoms with Crippen molar-refractivity contribution in [2.45, 2.75) is 18.9 Å². The zero-order valence-corrected chi connectivity index (χ0v) is 21.3. The summed E-state index contributed by atoms with van der Waals surface area (Å²) in [5.74, 6) is 0.370. The predicted molar refractivity (Wildman–Crippen MR) is 142 cm³/mol. The van der Waals surface area contributed by atoms with E-state index in [1.165, 1.54) is 29.6 Å². The molecule has 2 heterocycles. The average Bonchev–Trinajstić information content (AvgIpc) is 3.19. The van der Waals surface area contributed by atoms with E-state index >= 15 is 0 Å². The Bertz CT molecular complexity index is 1690. The lowest BCUT2D eigenvalue weighted by Gasteiger charge is -2.30. The molecule has 0 bridgehead atoms. The fraction of sp³-hybridized carbons (Fsp3) is 0.143. The second kappa shape index (κ2) is 8.66. The van der Waals surface area contributed by atoms with Crippen molar-refractivity contribution in [1.82, 2.24) is 4.57 Å². The zero-order valence-electron chi connectivity index (χ0n) is 18.9. The lowest BCUT2D eigenvalue weighted by atomic mass is 9.83. The van der Waals surface area contributed by atoms with Gasteiger partial charge in [0.15, 0.2) is 16.3 Å². The van der Waals surface area contributed by atoms with Gasteiger partial charge in [-0.1, -0.05) is 65.9 Å². The molecule has 1 unspecified atom stereocenters. The third-order valence-electron chi connectivity index (χ3n) is 6.56. The molecule has 1 aliphatic carbocycles. The van der Waals surface area contributed by atoms with Crippen LogP contribution in [-0.2, 0) is 6.42 Å². The van der Waals surface area contributed by atoms with Gasteiger partial charge in [0.2, 0.25) is 0 Å². The monoisotopic (exact) mass is 544 g/mol. The minimum Gasteiger partial charge on any atom is -0.503 e. The van der Waals surface area contributed by atoms with E-state index in [0.717, 1.165) is 35.2 Å². The van der Waals surface area contributed by atoms with Crippen LogP contribution in [0.15, 0.2) is 86.6 Å². The van der Waals surface area contributed by atoms with Crippen molar-refractivity contribution in [2.24, 2.45) is 4.99 Å². The second-order valence-corrected chi connectivity index (χ2v) is 10.4. The van der Waals surface area contributed by atoms with Crippen molar-refractivity contribution in [3.8, 4) is 11.5 Å². The van der Waals surface area contributed by atoms with Gasteiger partial charge in [-0.3, -0.25) is 9.36 Å². The van der Waals surface area contributed by atoms with E-state index in [0.29, 0.717) is 19.6 Å². The lowest BCUT2D eigenvalue weighted by Crippen LogP contribution is -2.38. The number of fused-ring (bicyclic) bond motifs is 3. The van der Waals surface area contributed by atoms with Crippen LogP contribution in [0.1, 0.15) is 34.7 Å². The summed E-state index contributed by atoms with van der Waals surface area (Å²) >= 11 is 4.75. The Kier molecular flexibility index (Phi) is 5.46. The van der Waals surface area contributed by atoms with Crippen LogP contribution >= 0.6 is 27.3 Å². The molecule has 0 saturated carbocycles. The van der Waals surface area contributed by atoms with Gasteiger partial charge in [0.1, 0.15) is 0 Å². The number of phenolic OH excluding ortho intramolecular Hbond substituents is 1. The first-order valence-electron chi connectivity index (χ1n) is 11.3. The molecule has 35 heavy (non-hydrogen) atoms. The summed E-state index contributed by atoms with van der Waals surface area (Å²) in [6, 6.07) is 21.9. The van der Waals surface area contributed by atoms with E-state index in [-0.39, 0.29) is 17.4 Å².